The third-order valence-electron chi connectivity index (χ3n) is 2.85. The van der Waals surface area contributed by atoms with Crippen LogP contribution < -0.4 is 5.32 Å². The lowest BCUT2D eigenvalue weighted by Gasteiger charge is -2.12. The number of anilines is 1. The molecule has 0 aliphatic rings. The fourth-order valence-electron chi connectivity index (χ4n) is 1.85. The van der Waals surface area contributed by atoms with Gasteiger partial charge in [0.1, 0.15) is 0 Å². The molecule has 2 N–H and O–H groups in total. The van der Waals surface area contributed by atoms with Gasteiger partial charge < -0.3 is 10.4 Å². The lowest BCUT2D eigenvalue weighted by Crippen LogP contribution is -2.05. The van der Waals surface area contributed by atoms with Crippen molar-refractivity contribution in [2.24, 2.45) is 0 Å². The molecule has 2 aromatic rings. The van der Waals surface area contributed by atoms with Crippen LogP contribution in [-0.4, -0.2) is 16.8 Å². The maximum atomic E-state index is 10.9. The number of benzene rings is 2. The summed E-state index contributed by atoms with van der Waals surface area (Å²) in [6.07, 6.45) is -0.612. The van der Waals surface area contributed by atoms with E-state index in [4.69, 9.17) is 11.6 Å². The molecule has 2 rings (SSSR count). The van der Waals surface area contributed by atoms with E-state index in [9.17, 15) is 9.90 Å². The highest BCUT2D eigenvalue weighted by molar-refractivity contribution is 7.99. The highest BCUT2D eigenvalue weighted by Gasteiger charge is 2.11. The van der Waals surface area contributed by atoms with Crippen molar-refractivity contribution in [3.63, 3.8) is 0 Å². The molecule has 0 radical (unpaired) electrons. The van der Waals surface area contributed by atoms with Gasteiger partial charge in [-0.2, -0.15) is 0 Å². The third kappa shape index (κ3) is 4.77. The van der Waals surface area contributed by atoms with E-state index < -0.39 is 6.10 Å². The molecular weight excluding hydrogens is 306 g/mol. The molecule has 0 spiro atoms. The Kier molecular flexibility index (Phi) is 5.67. The summed E-state index contributed by atoms with van der Waals surface area (Å²) in [5, 5.41) is 13.5. The minimum atomic E-state index is -0.612. The second-order valence-corrected chi connectivity index (χ2v) is 6.05. The van der Waals surface area contributed by atoms with Crippen molar-refractivity contribution in [3.8, 4) is 0 Å². The topological polar surface area (TPSA) is 49.3 Å². The number of aliphatic hydroxyl groups excluding tert-OH is 1. The molecule has 1 unspecified atom stereocenters. The van der Waals surface area contributed by atoms with Crippen molar-refractivity contribution in [3.05, 3.63) is 59.1 Å². The number of aliphatic hydroxyl groups is 1. The molecule has 1 amide bonds. The molecule has 0 aromatic heterocycles. The molecular formula is C16H16ClNO2S. The first kappa shape index (κ1) is 15.9. The van der Waals surface area contributed by atoms with Crippen LogP contribution in [0.5, 0.6) is 0 Å². The van der Waals surface area contributed by atoms with E-state index in [-0.39, 0.29) is 5.91 Å². The molecule has 110 valence electrons. The van der Waals surface area contributed by atoms with Crippen LogP contribution in [0, 0.1) is 0 Å². The smallest absolute Gasteiger partial charge is 0.221 e. The Morgan fingerprint density at radius 3 is 2.52 bits per heavy atom. The predicted molar refractivity (Wildman–Crippen MR) is 87.9 cm³/mol. The highest BCUT2D eigenvalue weighted by atomic mass is 35.5. The van der Waals surface area contributed by atoms with Crippen LogP contribution in [0.1, 0.15) is 18.6 Å². The van der Waals surface area contributed by atoms with Gasteiger partial charge in [0.25, 0.3) is 0 Å². The molecule has 0 aliphatic carbocycles. The Morgan fingerprint density at radius 1 is 1.24 bits per heavy atom. The van der Waals surface area contributed by atoms with Gasteiger partial charge in [-0.15, -0.1) is 11.8 Å². The van der Waals surface area contributed by atoms with Crippen LogP contribution in [-0.2, 0) is 4.79 Å². The SMILES string of the molecule is CC(=O)Nc1ccc(SCC(O)c2ccccc2Cl)cc1. The summed E-state index contributed by atoms with van der Waals surface area (Å²) in [6.45, 7) is 1.47. The van der Waals surface area contributed by atoms with Crippen LogP contribution in [0.15, 0.2) is 53.4 Å². The summed E-state index contributed by atoms with van der Waals surface area (Å²) in [7, 11) is 0. The van der Waals surface area contributed by atoms with Crippen LogP contribution in [0.4, 0.5) is 5.69 Å². The second kappa shape index (κ2) is 7.50. The number of amides is 1. The third-order valence-corrected chi connectivity index (χ3v) is 4.28. The Hall–Kier alpha value is -1.49. The van der Waals surface area contributed by atoms with Gasteiger partial charge in [-0.3, -0.25) is 4.79 Å². The van der Waals surface area contributed by atoms with E-state index >= 15 is 0 Å². The summed E-state index contributed by atoms with van der Waals surface area (Å²) in [4.78, 5) is 12.0. The van der Waals surface area contributed by atoms with Crippen molar-refractivity contribution in [1.82, 2.24) is 0 Å². The molecule has 0 fully saturated rings. The van der Waals surface area contributed by atoms with Gasteiger partial charge in [0.15, 0.2) is 0 Å². The van der Waals surface area contributed by atoms with Crippen LogP contribution in [0.2, 0.25) is 5.02 Å². The first-order valence-corrected chi connectivity index (χ1v) is 7.85. The Balaban J connectivity index is 1.94. The Morgan fingerprint density at radius 2 is 1.90 bits per heavy atom. The van der Waals surface area contributed by atoms with Crippen molar-refractivity contribution in [1.29, 1.82) is 0 Å². The van der Waals surface area contributed by atoms with Crippen LogP contribution in [0.3, 0.4) is 0 Å². The van der Waals surface area contributed by atoms with Gasteiger partial charge in [-0.1, -0.05) is 29.8 Å². The van der Waals surface area contributed by atoms with E-state index in [1.54, 1.807) is 6.07 Å². The standard InChI is InChI=1S/C16H16ClNO2S/c1-11(19)18-12-6-8-13(9-7-12)21-10-16(20)14-4-2-3-5-15(14)17/h2-9,16,20H,10H2,1H3,(H,18,19). The largest absolute Gasteiger partial charge is 0.387 e. The van der Waals surface area contributed by atoms with E-state index in [1.165, 1.54) is 18.7 Å². The van der Waals surface area contributed by atoms with Gasteiger partial charge >= 0.3 is 0 Å². The second-order valence-electron chi connectivity index (χ2n) is 4.55. The molecule has 21 heavy (non-hydrogen) atoms. The molecule has 0 saturated carbocycles. The molecule has 2 aromatic carbocycles. The normalized spacial score (nSPS) is 12.0. The summed E-state index contributed by atoms with van der Waals surface area (Å²) in [6, 6.07) is 14.8. The first-order valence-electron chi connectivity index (χ1n) is 6.49. The number of halogens is 1. The number of hydrogen-bond donors (Lipinski definition) is 2. The molecule has 0 heterocycles. The number of thioether (sulfide) groups is 1. The molecule has 3 nitrogen and oxygen atoms in total. The highest BCUT2D eigenvalue weighted by Crippen LogP contribution is 2.29. The van der Waals surface area contributed by atoms with Gasteiger partial charge in [0, 0.05) is 28.3 Å². The average molecular weight is 322 g/mol. The molecule has 0 aliphatic heterocycles. The van der Waals surface area contributed by atoms with Gasteiger partial charge in [0.05, 0.1) is 6.10 Å². The van der Waals surface area contributed by atoms with Crippen LogP contribution in [0.25, 0.3) is 0 Å². The fourth-order valence-corrected chi connectivity index (χ4v) is 2.97. The van der Waals surface area contributed by atoms with Crippen molar-refractivity contribution >= 4 is 35.0 Å². The van der Waals surface area contributed by atoms with Gasteiger partial charge in [0.2, 0.25) is 5.91 Å². The fraction of sp³-hybridized carbons (Fsp3) is 0.188. The number of rotatable bonds is 5. The number of hydrogen-bond acceptors (Lipinski definition) is 3. The lowest BCUT2D eigenvalue weighted by atomic mass is 10.1. The maximum absolute atomic E-state index is 10.9. The Bertz CT molecular complexity index is 616. The van der Waals surface area contributed by atoms with Crippen molar-refractivity contribution in [2.75, 3.05) is 11.1 Å². The zero-order chi connectivity index (χ0) is 15.2. The molecule has 5 heteroatoms. The summed E-state index contributed by atoms with van der Waals surface area (Å²) in [5.41, 5.74) is 1.50. The van der Waals surface area contributed by atoms with Crippen molar-refractivity contribution in [2.45, 2.75) is 17.9 Å². The van der Waals surface area contributed by atoms with Crippen LogP contribution >= 0.6 is 23.4 Å². The minimum absolute atomic E-state index is 0.0930. The Labute approximate surface area is 133 Å². The zero-order valence-corrected chi connectivity index (χ0v) is 13.1. The summed E-state index contributed by atoms with van der Waals surface area (Å²) in [5.74, 6) is 0.424. The number of carbonyl (C=O) groups excluding carboxylic acids is 1. The quantitative estimate of drug-likeness (QED) is 0.814. The summed E-state index contributed by atoms with van der Waals surface area (Å²) < 4.78 is 0. The van der Waals surface area contributed by atoms with Crippen molar-refractivity contribution < 1.29 is 9.90 Å². The van der Waals surface area contributed by atoms with E-state index in [0.29, 0.717) is 10.8 Å². The molecule has 0 saturated heterocycles. The van der Waals surface area contributed by atoms with E-state index in [0.717, 1.165) is 16.1 Å². The monoisotopic (exact) mass is 321 g/mol. The van der Waals surface area contributed by atoms with Gasteiger partial charge in [-0.05, 0) is 35.9 Å². The van der Waals surface area contributed by atoms with E-state index in [2.05, 4.69) is 5.32 Å². The lowest BCUT2D eigenvalue weighted by molar-refractivity contribution is -0.114. The van der Waals surface area contributed by atoms with Gasteiger partial charge in [-0.25, -0.2) is 0 Å². The first-order chi connectivity index (χ1) is 10.1. The molecule has 0 bridgehead atoms. The minimum Gasteiger partial charge on any atom is -0.387 e. The summed E-state index contributed by atoms with van der Waals surface area (Å²) >= 11 is 7.60. The number of nitrogens with one attached hydrogen (secondary N) is 1. The maximum Gasteiger partial charge on any atom is 0.221 e. The predicted octanol–water partition coefficient (Wildman–Crippen LogP) is 4.12. The van der Waals surface area contributed by atoms with E-state index in [1.807, 2.05) is 42.5 Å². The molecule has 1 atom stereocenters. The zero-order valence-electron chi connectivity index (χ0n) is 11.5. The number of carbonyl (C=O) groups is 1. The average Bonchev–Trinajstić information content (AvgIpc) is 2.46.